The molecule has 13 nitrogen and oxygen atoms in total. The second kappa shape index (κ2) is 17.9. The van der Waals surface area contributed by atoms with E-state index < -0.39 is 6.04 Å². The van der Waals surface area contributed by atoms with Crippen molar-refractivity contribution in [3.8, 4) is 34.4 Å². The van der Waals surface area contributed by atoms with E-state index in [2.05, 4.69) is 27.7 Å². The molecule has 0 unspecified atom stereocenters. The van der Waals surface area contributed by atoms with Crippen LogP contribution in [0, 0.1) is 6.92 Å². The summed E-state index contributed by atoms with van der Waals surface area (Å²) in [6, 6.07) is 31.1. The number of amides is 1. The van der Waals surface area contributed by atoms with Gasteiger partial charge in [0.1, 0.15) is 41.9 Å². The molecule has 6 aromatic rings. The van der Waals surface area contributed by atoms with Crippen LogP contribution in [-0.2, 0) is 24.6 Å². The fourth-order valence-electron chi connectivity index (χ4n) is 6.82. The molecule has 0 aliphatic carbocycles. The van der Waals surface area contributed by atoms with Gasteiger partial charge in [0.05, 0.1) is 39.6 Å². The van der Waals surface area contributed by atoms with E-state index in [1.165, 1.54) is 0 Å². The number of benzene rings is 4. The number of aryl methyl sites for hydroxylation is 1. The van der Waals surface area contributed by atoms with Crippen molar-refractivity contribution in [2.75, 3.05) is 32.8 Å². The first-order chi connectivity index (χ1) is 28.8. The highest BCUT2D eigenvalue weighted by Crippen LogP contribution is 2.44. The van der Waals surface area contributed by atoms with Crippen LogP contribution < -0.4 is 34.0 Å². The van der Waals surface area contributed by atoms with Gasteiger partial charge < -0.3 is 29.4 Å². The van der Waals surface area contributed by atoms with Gasteiger partial charge in [-0.3, -0.25) is 9.69 Å². The summed E-state index contributed by atoms with van der Waals surface area (Å²) in [5, 5.41) is 12.7. The summed E-state index contributed by atoms with van der Waals surface area (Å²) in [7, 11) is 4.95. The number of hydrogen-bond donors (Lipinski definition) is 1. The van der Waals surface area contributed by atoms with E-state index in [9.17, 15) is 4.79 Å². The Morgan fingerprint density at radius 2 is 1.46 bits per heavy atom. The standard InChI is InChI=1S/C44H44N7O6S2/c1-28-21-36(55-4)15-9-31(28)23-50-42(46-47-48-50)41-32(27-59-44-40(45)43(52)51(41)44)26-58-37-17-19-49(20-18-37)33-10-16-38(56-24-29-5-11-34(53-2)12-6-29)39(22-33)57-25-30-7-13-35(54-3)14-8-30/h5-22,40,44H,23-27,45H2,1-4H3/q+1/t40-,44-/m1/s1. The number of rotatable bonds is 16. The molecular formula is C44H44N7O6S2+. The smallest absolute Gasteiger partial charge is 0.248 e. The summed E-state index contributed by atoms with van der Waals surface area (Å²) in [6.07, 6.45) is 4.05. The first kappa shape index (κ1) is 39.8. The number of carbonyl (C=O) groups is 1. The molecule has 1 amide bonds. The molecular weight excluding hydrogens is 787 g/mol. The topological polar surface area (TPSA) is 140 Å². The predicted octanol–water partition coefficient (Wildman–Crippen LogP) is 6.24. The number of tetrazole rings is 1. The van der Waals surface area contributed by atoms with Gasteiger partial charge in [-0.2, -0.15) is 4.57 Å². The summed E-state index contributed by atoms with van der Waals surface area (Å²) >= 11 is 3.37. The summed E-state index contributed by atoms with van der Waals surface area (Å²) in [6.45, 7) is 3.20. The molecule has 302 valence electrons. The Balaban J connectivity index is 1.01. The van der Waals surface area contributed by atoms with Crippen LogP contribution in [0.5, 0.6) is 28.7 Å². The van der Waals surface area contributed by atoms with E-state index in [0.717, 1.165) is 61.4 Å². The first-order valence-corrected chi connectivity index (χ1v) is 21.0. The second-order valence-electron chi connectivity index (χ2n) is 14.0. The lowest BCUT2D eigenvalue weighted by Crippen LogP contribution is -2.67. The molecule has 8 rings (SSSR count). The normalized spacial score (nSPS) is 16.0. The zero-order chi connectivity index (χ0) is 40.9. The molecule has 0 radical (unpaired) electrons. The third-order valence-corrected chi connectivity index (χ3v) is 12.7. The number of thioether (sulfide) groups is 2. The Labute approximate surface area is 351 Å². The van der Waals surface area contributed by atoms with E-state index in [1.807, 2.05) is 109 Å². The average Bonchev–Trinajstić information content (AvgIpc) is 3.75. The van der Waals surface area contributed by atoms with Crippen LogP contribution in [0.25, 0.3) is 11.4 Å². The molecule has 2 aliphatic rings. The summed E-state index contributed by atoms with van der Waals surface area (Å²) in [5.41, 5.74) is 13.1. The fraction of sp³-hybridized carbons (Fsp3) is 0.250. The quantitative estimate of drug-likeness (QED) is 0.0672. The van der Waals surface area contributed by atoms with Crippen LogP contribution in [-0.4, -0.2) is 75.3 Å². The van der Waals surface area contributed by atoms with Gasteiger partial charge in [-0.15, -0.1) is 28.6 Å². The highest BCUT2D eigenvalue weighted by atomic mass is 32.2. The molecule has 2 aromatic heterocycles. The number of pyridine rings is 1. The Bertz CT molecular complexity index is 2460. The van der Waals surface area contributed by atoms with Crippen molar-refractivity contribution in [1.82, 2.24) is 25.1 Å². The Hall–Kier alpha value is -6.03. The van der Waals surface area contributed by atoms with Gasteiger partial charge in [0, 0.05) is 34.6 Å². The van der Waals surface area contributed by atoms with Crippen molar-refractivity contribution >= 4 is 35.1 Å². The van der Waals surface area contributed by atoms with Gasteiger partial charge in [-0.1, -0.05) is 30.3 Å². The molecule has 59 heavy (non-hydrogen) atoms. The first-order valence-electron chi connectivity index (χ1n) is 18.9. The van der Waals surface area contributed by atoms with Gasteiger partial charge in [0.25, 0.3) is 0 Å². The molecule has 2 aliphatic heterocycles. The highest BCUT2D eigenvalue weighted by Gasteiger charge is 2.51. The number of carbonyl (C=O) groups excluding carboxylic acids is 1. The third-order valence-electron chi connectivity index (χ3n) is 10.2. The number of fused-ring (bicyclic) bond motifs is 1. The third kappa shape index (κ3) is 8.72. The maximum atomic E-state index is 13.2. The maximum Gasteiger partial charge on any atom is 0.248 e. The maximum absolute atomic E-state index is 13.2. The van der Waals surface area contributed by atoms with Gasteiger partial charge in [0.15, 0.2) is 29.7 Å². The number of methoxy groups -OCH3 is 3. The van der Waals surface area contributed by atoms with Gasteiger partial charge in [-0.25, -0.2) is 4.68 Å². The number of hydrogen-bond acceptors (Lipinski definition) is 12. The highest BCUT2D eigenvalue weighted by molar-refractivity contribution is 8.01. The minimum atomic E-state index is -0.551. The molecule has 0 saturated carbocycles. The zero-order valence-corrected chi connectivity index (χ0v) is 34.7. The van der Waals surface area contributed by atoms with Crippen molar-refractivity contribution in [3.05, 3.63) is 143 Å². The Kier molecular flexibility index (Phi) is 12.0. The van der Waals surface area contributed by atoms with Crippen LogP contribution in [0.1, 0.15) is 28.1 Å². The zero-order valence-electron chi connectivity index (χ0n) is 33.1. The number of aromatic nitrogens is 5. The fourth-order valence-corrected chi connectivity index (χ4v) is 9.14. The molecule has 15 heteroatoms. The van der Waals surface area contributed by atoms with Crippen LogP contribution >= 0.6 is 23.5 Å². The lowest BCUT2D eigenvalue weighted by molar-refractivity contribution is -0.596. The Morgan fingerprint density at radius 1 is 0.814 bits per heavy atom. The molecule has 2 N–H and O–H groups in total. The predicted molar refractivity (Wildman–Crippen MR) is 226 cm³/mol. The van der Waals surface area contributed by atoms with E-state index >= 15 is 0 Å². The van der Waals surface area contributed by atoms with Crippen molar-refractivity contribution in [1.29, 1.82) is 0 Å². The minimum absolute atomic E-state index is 0.125. The molecule has 2 atom stereocenters. The second-order valence-corrected chi connectivity index (χ2v) is 16.1. The average molecular weight is 831 g/mol. The molecule has 1 saturated heterocycles. The van der Waals surface area contributed by atoms with Crippen LogP contribution in [0.2, 0.25) is 0 Å². The molecule has 4 aromatic carbocycles. The molecule has 1 fully saturated rings. The van der Waals surface area contributed by atoms with Crippen LogP contribution in [0.3, 0.4) is 0 Å². The minimum Gasteiger partial charge on any atom is -0.497 e. The van der Waals surface area contributed by atoms with Crippen LogP contribution in [0.4, 0.5) is 0 Å². The summed E-state index contributed by atoms with van der Waals surface area (Å²) in [4.78, 5) is 16.1. The van der Waals surface area contributed by atoms with Gasteiger partial charge in [-0.05, 0) is 87.6 Å². The van der Waals surface area contributed by atoms with E-state index in [1.54, 1.807) is 54.4 Å². The van der Waals surface area contributed by atoms with Gasteiger partial charge in [0.2, 0.25) is 11.6 Å². The monoisotopic (exact) mass is 830 g/mol. The number of nitrogens with zero attached hydrogens (tertiary/aromatic N) is 6. The van der Waals surface area contributed by atoms with E-state index in [4.69, 9.17) is 29.4 Å². The molecule has 0 spiro atoms. The lowest BCUT2D eigenvalue weighted by Gasteiger charge is -2.48. The SMILES string of the molecule is COc1ccc(COc2ccc(-[n+]3ccc(SCC4=C(c5nnnn5Cc5ccc(OC)cc5C)N5C(=O)[C@@H](N)[C@H]5SC4)cc3)cc2OCc2ccc(OC)cc2)cc1. The van der Waals surface area contributed by atoms with Crippen molar-refractivity contribution in [3.63, 3.8) is 0 Å². The van der Waals surface area contributed by atoms with Crippen LogP contribution in [0.15, 0.2) is 120 Å². The number of nitrogens with two attached hydrogens (primary N) is 1. The summed E-state index contributed by atoms with van der Waals surface area (Å²) < 4.78 is 32.5. The van der Waals surface area contributed by atoms with Crippen molar-refractivity contribution in [2.45, 2.75) is 43.0 Å². The number of ether oxygens (including phenoxy) is 5. The van der Waals surface area contributed by atoms with E-state index in [-0.39, 0.29) is 11.3 Å². The largest absolute Gasteiger partial charge is 0.497 e. The lowest BCUT2D eigenvalue weighted by atomic mass is 10.0. The molecule has 0 bridgehead atoms. The Morgan fingerprint density at radius 3 is 2.10 bits per heavy atom. The van der Waals surface area contributed by atoms with Gasteiger partial charge >= 0.3 is 0 Å². The van der Waals surface area contributed by atoms with Crippen molar-refractivity contribution in [2.24, 2.45) is 5.73 Å². The van der Waals surface area contributed by atoms with Crippen molar-refractivity contribution < 1.29 is 33.0 Å². The van der Waals surface area contributed by atoms with E-state index in [0.29, 0.717) is 48.6 Å². The molecule has 4 heterocycles. The number of β-lactam (4-membered cyclic amide) rings is 1. The summed E-state index contributed by atoms with van der Waals surface area (Å²) in [5.74, 6) is 5.38.